The zero-order chi connectivity index (χ0) is 20.5. The van der Waals surface area contributed by atoms with Gasteiger partial charge in [-0.25, -0.2) is 4.39 Å². The molecule has 1 aliphatic heterocycles. The number of rotatable bonds is 5. The van der Waals surface area contributed by atoms with Crippen molar-refractivity contribution < 1.29 is 23.4 Å². The quantitative estimate of drug-likeness (QED) is 0.636. The molecule has 1 aromatic heterocycles. The van der Waals surface area contributed by atoms with Crippen LogP contribution in [-0.2, 0) is 4.79 Å². The van der Waals surface area contributed by atoms with Crippen molar-refractivity contribution in [2.75, 3.05) is 26.6 Å². The predicted octanol–water partition coefficient (Wildman–Crippen LogP) is 5.05. The van der Waals surface area contributed by atoms with Crippen LogP contribution in [0.4, 0.5) is 10.1 Å². The van der Waals surface area contributed by atoms with Gasteiger partial charge in [-0.05, 0) is 35.4 Å². The summed E-state index contributed by atoms with van der Waals surface area (Å²) in [5.41, 5.74) is 3.17. The minimum atomic E-state index is -0.314. The lowest BCUT2D eigenvalue weighted by molar-refractivity contribution is -0.116. The Morgan fingerprint density at radius 3 is 2.41 bits per heavy atom. The largest absolute Gasteiger partial charge is 0.493 e. The highest BCUT2D eigenvalue weighted by Crippen LogP contribution is 2.49. The smallest absolute Gasteiger partial charge is 0.225 e. The van der Waals surface area contributed by atoms with Crippen LogP contribution in [0, 0.1) is 5.82 Å². The summed E-state index contributed by atoms with van der Waals surface area (Å²) in [6.07, 6.45) is 0.300. The fraction of sp³-hybridized carbons (Fsp3) is 0.227. The van der Waals surface area contributed by atoms with Crippen LogP contribution in [0.5, 0.6) is 17.2 Å². The Bertz CT molecular complexity index is 1050. The highest BCUT2D eigenvalue weighted by Gasteiger charge is 2.32. The van der Waals surface area contributed by atoms with E-state index < -0.39 is 0 Å². The van der Waals surface area contributed by atoms with Crippen molar-refractivity contribution in [3.05, 3.63) is 58.0 Å². The van der Waals surface area contributed by atoms with Gasteiger partial charge in [0.2, 0.25) is 11.7 Å². The lowest BCUT2D eigenvalue weighted by Crippen LogP contribution is -2.22. The number of carbonyl (C=O) groups excluding carboxylic acids is 1. The summed E-state index contributed by atoms with van der Waals surface area (Å²) in [4.78, 5) is 13.5. The number of nitrogens with one attached hydrogen (secondary N) is 1. The number of amides is 1. The molecule has 0 aliphatic carbocycles. The molecule has 2 aromatic carbocycles. The number of halogens is 1. The van der Waals surface area contributed by atoms with E-state index in [0.29, 0.717) is 23.7 Å². The molecule has 1 N–H and O–H groups in total. The van der Waals surface area contributed by atoms with Crippen LogP contribution in [0.3, 0.4) is 0 Å². The fourth-order valence-electron chi connectivity index (χ4n) is 3.67. The van der Waals surface area contributed by atoms with E-state index in [2.05, 4.69) is 5.32 Å². The Kier molecular flexibility index (Phi) is 5.15. The van der Waals surface area contributed by atoms with Crippen LogP contribution >= 0.6 is 11.3 Å². The van der Waals surface area contributed by atoms with E-state index in [4.69, 9.17) is 14.2 Å². The number of thiophene rings is 1. The monoisotopic (exact) mass is 413 g/mol. The summed E-state index contributed by atoms with van der Waals surface area (Å²) in [5, 5.41) is 4.92. The zero-order valence-corrected chi connectivity index (χ0v) is 17.1. The molecular formula is C22H20FNO4S. The normalized spacial score (nSPS) is 15.4. The summed E-state index contributed by atoms with van der Waals surface area (Å²) in [7, 11) is 4.68. The van der Waals surface area contributed by atoms with Crippen LogP contribution in [0.1, 0.15) is 22.8 Å². The van der Waals surface area contributed by atoms with Gasteiger partial charge in [-0.15, -0.1) is 11.3 Å². The number of anilines is 1. The molecule has 0 saturated carbocycles. The molecule has 0 spiro atoms. The third-order valence-electron chi connectivity index (χ3n) is 5.01. The van der Waals surface area contributed by atoms with E-state index in [0.717, 1.165) is 27.3 Å². The zero-order valence-electron chi connectivity index (χ0n) is 16.2. The van der Waals surface area contributed by atoms with Crippen LogP contribution in [-0.4, -0.2) is 27.2 Å². The number of hydrogen-bond donors (Lipinski definition) is 1. The average molecular weight is 413 g/mol. The van der Waals surface area contributed by atoms with E-state index >= 15 is 0 Å². The van der Waals surface area contributed by atoms with Gasteiger partial charge >= 0.3 is 0 Å². The van der Waals surface area contributed by atoms with Crippen molar-refractivity contribution in [2.24, 2.45) is 0 Å². The van der Waals surface area contributed by atoms with Gasteiger partial charge in [0.15, 0.2) is 11.5 Å². The first-order valence-corrected chi connectivity index (χ1v) is 9.90. The van der Waals surface area contributed by atoms with E-state index in [9.17, 15) is 9.18 Å². The fourth-order valence-corrected chi connectivity index (χ4v) is 4.83. The molecule has 1 unspecified atom stereocenters. The first-order valence-electron chi connectivity index (χ1n) is 9.02. The highest BCUT2D eigenvalue weighted by atomic mass is 32.1. The second-order valence-electron chi connectivity index (χ2n) is 6.66. The first kappa shape index (κ1) is 19.3. The Morgan fingerprint density at radius 1 is 1.07 bits per heavy atom. The molecule has 0 radical (unpaired) electrons. The molecule has 2 heterocycles. The van der Waals surface area contributed by atoms with E-state index in [-0.39, 0.29) is 17.6 Å². The third-order valence-corrected chi connectivity index (χ3v) is 6.11. The summed E-state index contributed by atoms with van der Waals surface area (Å²) >= 11 is 1.54. The number of carbonyl (C=O) groups is 1. The van der Waals surface area contributed by atoms with Gasteiger partial charge in [0, 0.05) is 28.2 Å². The van der Waals surface area contributed by atoms with Crippen molar-refractivity contribution in [3.63, 3.8) is 0 Å². The standard InChI is InChI=1S/C22H20FNO4S/c1-26-17-8-13(9-18(27-2)21(17)28-3)15-10-19(25)24-20-16(11-29-22(15)20)12-5-4-6-14(23)7-12/h4-9,11,15H,10H2,1-3H3,(H,24,25). The topological polar surface area (TPSA) is 56.8 Å². The van der Waals surface area contributed by atoms with E-state index in [1.54, 1.807) is 38.7 Å². The maximum atomic E-state index is 13.7. The van der Waals surface area contributed by atoms with Crippen molar-refractivity contribution in [1.82, 2.24) is 0 Å². The van der Waals surface area contributed by atoms with Gasteiger partial charge in [0.05, 0.1) is 27.0 Å². The minimum absolute atomic E-state index is 0.0905. The van der Waals surface area contributed by atoms with Crippen LogP contribution < -0.4 is 19.5 Å². The average Bonchev–Trinajstić information content (AvgIpc) is 3.15. The van der Waals surface area contributed by atoms with E-state index in [1.165, 1.54) is 12.1 Å². The second kappa shape index (κ2) is 7.75. The molecule has 1 amide bonds. The molecule has 3 aromatic rings. The molecule has 1 atom stereocenters. The maximum absolute atomic E-state index is 13.7. The summed E-state index contributed by atoms with van der Waals surface area (Å²) < 4.78 is 30.1. The number of methoxy groups -OCH3 is 3. The van der Waals surface area contributed by atoms with Crippen molar-refractivity contribution >= 4 is 22.9 Å². The van der Waals surface area contributed by atoms with Crippen LogP contribution in [0.2, 0.25) is 0 Å². The lowest BCUT2D eigenvalue weighted by atomic mass is 9.88. The lowest BCUT2D eigenvalue weighted by Gasteiger charge is -2.25. The first-order chi connectivity index (χ1) is 14.0. The number of ether oxygens (including phenoxy) is 3. The van der Waals surface area contributed by atoms with Gasteiger partial charge in [-0.1, -0.05) is 12.1 Å². The molecular weight excluding hydrogens is 393 g/mol. The Labute approximate surface area is 172 Å². The second-order valence-corrected chi connectivity index (χ2v) is 7.57. The molecule has 0 saturated heterocycles. The molecule has 1 aliphatic rings. The Balaban J connectivity index is 1.84. The van der Waals surface area contributed by atoms with Gasteiger partial charge in [-0.2, -0.15) is 0 Å². The SMILES string of the molecule is COc1cc(C2CC(=O)Nc3c(-c4cccc(F)c4)csc32)cc(OC)c1OC. The van der Waals surface area contributed by atoms with E-state index in [1.807, 2.05) is 23.6 Å². The summed E-state index contributed by atoms with van der Waals surface area (Å²) in [6.45, 7) is 0. The third kappa shape index (κ3) is 3.42. The van der Waals surface area contributed by atoms with Crippen molar-refractivity contribution in [3.8, 4) is 28.4 Å². The number of hydrogen-bond acceptors (Lipinski definition) is 5. The Morgan fingerprint density at radius 2 is 1.79 bits per heavy atom. The van der Waals surface area contributed by atoms with Gasteiger partial charge in [0.25, 0.3) is 0 Å². The summed E-state index contributed by atoms with van der Waals surface area (Å²) in [6, 6.07) is 10.1. The van der Waals surface area contributed by atoms with Gasteiger partial charge in [0.1, 0.15) is 5.82 Å². The van der Waals surface area contributed by atoms with Crippen LogP contribution in [0.25, 0.3) is 11.1 Å². The molecule has 7 heteroatoms. The number of fused-ring (bicyclic) bond motifs is 1. The molecule has 5 nitrogen and oxygen atoms in total. The Hall–Kier alpha value is -3.06. The maximum Gasteiger partial charge on any atom is 0.225 e. The predicted molar refractivity (Wildman–Crippen MR) is 111 cm³/mol. The molecule has 150 valence electrons. The summed E-state index contributed by atoms with van der Waals surface area (Å²) in [5.74, 6) is 1.01. The molecule has 0 bridgehead atoms. The van der Waals surface area contributed by atoms with Crippen molar-refractivity contribution in [2.45, 2.75) is 12.3 Å². The number of benzene rings is 2. The molecule has 4 rings (SSSR count). The van der Waals surface area contributed by atoms with Crippen LogP contribution in [0.15, 0.2) is 41.8 Å². The van der Waals surface area contributed by atoms with Gasteiger partial charge < -0.3 is 19.5 Å². The minimum Gasteiger partial charge on any atom is -0.493 e. The van der Waals surface area contributed by atoms with Gasteiger partial charge in [-0.3, -0.25) is 4.79 Å². The highest BCUT2D eigenvalue weighted by molar-refractivity contribution is 7.11. The van der Waals surface area contributed by atoms with Crippen molar-refractivity contribution in [1.29, 1.82) is 0 Å². The molecule has 0 fully saturated rings. The molecule has 29 heavy (non-hydrogen) atoms.